The molecule has 0 aliphatic heterocycles. The van der Waals surface area contributed by atoms with Crippen LogP contribution in [0.1, 0.15) is 36.4 Å². The van der Waals surface area contributed by atoms with Crippen LogP contribution < -0.4 is 11.1 Å². The van der Waals surface area contributed by atoms with Crippen molar-refractivity contribution in [1.82, 2.24) is 10.3 Å². The van der Waals surface area contributed by atoms with Crippen LogP contribution in [0.15, 0.2) is 5.38 Å². The van der Waals surface area contributed by atoms with Crippen LogP contribution in [0.5, 0.6) is 0 Å². The standard InChI is InChI=1S/C13H21N3O2S/c1-9-8-19-12(15-9)13(4-3-5-13)16-11(17)6-10(7-14)18-2/h8,10H,3-7,14H2,1-2H3,(H,16,17). The number of nitrogens with zero attached hydrogens (tertiary/aromatic N) is 1. The molecule has 0 bridgehead atoms. The van der Waals surface area contributed by atoms with E-state index in [0.717, 1.165) is 30.0 Å². The lowest BCUT2D eigenvalue weighted by Gasteiger charge is -2.41. The number of hydrogen-bond donors (Lipinski definition) is 2. The maximum absolute atomic E-state index is 12.1. The Morgan fingerprint density at radius 1 is 1.68 bits per heavy atom. The van der Waals surface area contributed by atoms with E-state index in [4.69, 9.17) is 10.5 Å². The lowest BCUT2D eigenvalue weighted by molar-refractivity contribution is -0.126. The summed E-state index contributed by atoms with van der Waals surface area (Å²) in [5.74, 6) is -0.00940. The van der Waals surface area contributed by atoms with Crippen LogP contribution in [0.3, 0.4) is 0 Å². The van der Waals surface area contributed by atoms with Crippen LogP contribution in [0.2, 0.25) is 0 Å². The van der Waals surface area contributed by atoms with Gasteiger partial charge in [0.25, 0.3) is 0 Å². The molecule has 0 aromatic carbocycles. The van der Waals surface area contributed by atoms with Gasteiger partial charge in [-0.3, -0.25) is 4.79 Å². The monoisotopic (exact) mass is 283 g/mol. The molecule has 1 heterocycles. The van der Waals surface area contributed by atoms with E-state index >= 15 is 0 Å². The molecule has 1 aliphatic carbocycles. The van der Waals surface area contributed by atoms with Crippen LogP contribution in [-0.2, 0) is 15.1 Å². The minimum absolute atomic E-state index is 0.00940. The van der Waals surface area contributed by atoms with Gasteiger partial charge in [-0.15, -0.1) is 11.3 Å². The average molecular weight is 283 g/mol. The topological polar surface area (TPSA) is 77.2 Å². The lowest BCUT2D eigenvalue weighted by Crippen LogP contribution is -2.51. The highest BCUT2D eigenvalue weighted by Crippen LogP contribution is 2.42. The number of rotatable bonds is 6. The number of ether oxygens (including phenoxy) is 1. The molecule has 1 amide bonds. The smallest absolute Gasteiger partial charge is 0.223 e. The van der Waals surface area contributed by atoms with Crippen molar-refractivity contribution in [3.63, 3.8) is 0 Å². The quantitative estimate of drug-likeness (QED) is 0.825. The summed E-state index contributed by atoms with van der Waals surface area (Å²) < 4.78 is 5.15. The van der Waals surface area contributed by atoms with Crippen molar-refractivity contribution in [1.29, 1.82) is 0 Å². The zero-order valence-electron chi connectivity index (χ0n) is 11.4. The second kappa shape index (κ2) is 5.98. The molecular weight excluding hydrogens is 262 g/mol. The molecule has 0 radical (unpaired) electrons. The molecule has 1 atom stereocenters. The second-order valence-corrected chi connectivity index (χ2v) is 5.93. The van der Waals surface area contributed by atoms with E-state index < -0.39 is 0 Å². The third-order valence-corrected chi connectivity index (χ3v) is 4.79. The van der Waals surface area contributed by atoms with Crippen molar-refractivity contribution in [2.24, 2.45) is 5.73 Å². The number of carbonyl (C=O) groups excluding carboxylic acids is 1. The van der Waals surface area contributed by atoms with E-state index in [0.29, 0.717) is 13.0 Å². The van der Waals surface area contributed by atoms with Crippen LogP contribution in [0.25, 0.3) is 0 Å². The SMILES string of the molecule is COC(CN)CC(=O)NC1(c2nc(C)cs2)CCC1. The molecule has 0 saturated heterocycles. The second-order valence-electron chi connectivity index (χ2n) is 5.08. The summed E-state index contributed by atoms with van der Waals surface area (Å²) in [5.41, 5.74) is 6.31. The number of aryl methyl sites for hydroxylation is 1. The Kier molecular flexibility index (Phi) is 4.54. The molecule has 1 aromatic heterocycles. The lowest BCUT2D eigenvalue weighted by atomic mass is 9.77. The summed E-state index contributed by atoms with van der Waals surface area (Å²) in [6.07, 6.45) is 3.15. The van der Waals surface area contributed by atoms with Crippen LogP contribution in [-0.4, -0.2) is 30.6 Å². The Balaban J connectivity index is 2.01. The summed E-state index contributed by atoms with van der Waals surface area (Å²) in [5, 5.41) is 6.18. The van der Waals surface area contributed by atoms with Crippen molar-refractivity contribution in [3.8, 4) is 0 Å². The molecule has 106 valence electrons. The number of methoxy groups -OCH3 is 1. The minimum atomic E-state index is -0.247. The number of carbonyl (C=O) groups is 1. The van der Waals surface area contributed by atoms with Crippen molar-refractivity contribution in [2.45, 2.75) is 44.2 Å². The summed E-state index contributed by atoms with van der Waals surface area (Å²) in [6, 6.07) is 0. The fourth-order valence-electron chi connectivity index (χ4n) is 2.28. The Morgan fingerprint density at radius 2 is 2.42 bits per heavy atom. The molecule has 3 N–H and O–H groups in total. The molecule has 1 unspecified atom stereocenters. The summed E-state index contributed by atoms with van der Waals surface area (Å²) in [6.45, 7) is 2.33. The normalized spacial score (nSPS) is 18.7. The van der Waals surface area contributed by atoms with E-state index in [1.807, 2.05) is 12.3 Å². The molecule has 6 heteroatoms. The molecule has 5 nitrogen and oxygen atoms in total. The zero-order chi connectivity index (χ0) is 13.9. The van der Waals surface area contributed by atoms with E-state index in [-0.39, 0.29) is 17.6 Å². The molecule has 19 heavy (non-hydrogen) atoms. The van der Waals surface area contributed by atoms with E-state index in [9.17, 15) is 4.79 Å². The Bertz CT molecular complexity index is 439. The van der Waals surface area contributed by atoms with E-state index in [2.05, 4.69) is 10.3 Å². The molecular formula is C13H21N3O2S. The largest absolute Gasteiger partial charge is 0.380 e. The van der Waals surface area contributed by atoms with Crippen molar-refractivity contribution < 1.29 is 9.53 Å². The molecule has 1 aliphatic rings. The van der Waals surface area contributed by atoms with E-state index in [1.54, 1.807) is 18.4 Å². The van der Waals surface area contributed by atoms with Gasteiger partial charge < -0.3 is 15.8 Å². The third-order valence-electron chi connectivity index (χ3n) is 3.62. The maximum atomic E-state index is 12.1. The molecule has 2 rings (SSSR count). The van der Waals surface area contributed by atoms with Gasteiger partial charge in [-0.25, -0.2) is 4.98 Å². The first-order valence-corrected chi connectivity index (χ1v) is 7.44. The van der Waals surface area contributed by atoms with Crippen molar-refractivity contribution in [3.05, 3.63) is 16.1 Å². The predicted octanol–water partition coefficient (Wildman–Crippen LogP) is 1.31. The van der Waals surface area contributed by atoms with E-state index in [1.165, 1.54) is 0 Å². The van der Waals surface area contributed by atoms with Gasteiger partial charge in [-0.2, -0.15) is 0 Å². The average Bonchev–Trinajstić information content (AvgIpc) is 2.77. The highest BCUT2D eigenvalue weighted by atomic mass is 32.1. The van der Waals surface area contributed by atoms with Gasteiger partial charge in [-0.1, -0.05) is 0 Å². The molecule has 0 spiro atoms. The molecule has 1 fully saturated rings. The van der Waals surface area contributed by atoms with Gasteiger partial charge in [-0.05, 0) is 26.2 Å². The maximum Gasteiger partial charge on any atom is 0.223 e. The first kappa shape index (κ1) is 14.4. The fraction of sp³-hybridized carbons (Fsp3) is 0.692. The Hall–Kier alpha value is -0.980. The minimum Gasteiger partial charge on any atom is -0.380 e. The Morgan fingerprint density at radius 3 is 2.84 bits per heavy atom. The van der Waals surface area contributed by atoms with Crippen LogP contribution >= 0.6 is 11.3 Å². The highest BCUT2D eigenvalue weighted by Gasteiger charge is 2.42. The summed E-state index contributed by atoms with van der Waals surface area (Å²) in [4.78, 5) is 16.6. The Labute approximate surface area is 117 Å². The number of hydrogen-bond acceptors (Lipinski definition) is 5. The third kappa shape index (κ3) is 3.13. The van der Waals surface area contributed by atoms with Crippen molar-refractivity contribution >= 4 is 17.2 Å². The first-order chi connectivity index (χ1) is 9.09. The summed E-state index contributed by atoms with van der Waals surface area (Å²) in [7, 11) is 1.58. The number of amides is 1. The first-order valence-electron chi connectivity index (χ1n) is 6.56. The van der Waals surface area contributed by atoms with Gasteiger partial charge in [0, 0.05) is 24.7 Å². The van der Waals surface area contributed by atoms with Gasteiger partial charge in [0.2, 0.25) is 5.91 Å². The number of nitrogens with two attached hydrogens (primary N) is 1. The van der Waals surface area contributed by atoms with Crippen LogP contribution in [0.4, 0.5) is 0 Å². The molecule has 1 saturated carbocycles. The van der Waals surface area contributed by atoms with Crippen molar-refractivity contribution in [2.75, 3.05) is 13.7 Å². The van der Waals surface area contributed by atoms with Gasteiger partial charge in [0.05, 0.1) is 18.1 Å². The predicted molar refractivity (Wildman–Crippen MR) is 75.0 cm³/mol. The highest BCUT2D eigenvalue weighted by molar-refractivity contribution is 7.09. The van der Waals surface area contributed by atoms with Gasteiger partial charge in [0.1, 0.15) is 5.01 Å². The van der Waals surface area contributed by atoms with Gasteiger partial charge in [0.15, 0.2) is 0 Å². The number of aromatic nitrogens is 1. The van der Waals surface area contributed by atoms with Gasteiger partial charge >= 0.3 is 0 Å². The summed E-state index contributed by atoms with van der Waals surface area (Å²) >= 11 is 1.62. The fourth-order valence-corrected chi connectivity index (χ4v) is 3.30. The molecule has 1 aromatic rings. The number of nitrogens with one attached hydrogen (secondary N) is 1. The van der Waals surface area contributed by atoms with Crippen LogP contribution in [0, 0.1) is 6.92 Å². The number of thiazole rings is 1. The zero-order valence-corrected chi connectivity index (χ0v) is 12.3.